The lowest BCUT2D eigenvalue weighted by Gasteiger charge is -2.13. The third-order valence-corrected chi connectivity index (χ3v) is 4.90. The zero-order valence-electron chi connectivity index (χ0n) is 17.4. The molecule has 0 saturated heterocycles. The minimum atomic E-state index is -0.317. The third kappa shape index (κ3) is 4.93. The number of aryl methyl sites for hydroxylation is 2. The molecular formula is C25H22N4O2. The van der Waals surface area contributed by atoms with Crippen LogP contribution in [0.3, 0.4) is 0 Å². The van der Waals surface area contributed by atoms with E-state index in [0.717, 1.165) is 22.3 Å². The summed E-state index contributed by atoms with van der Waals surface area (Å²) in [5, 5.41) is 2.88. The number of carbonyl (C=O) groups excluding carboxylic acids is 1. The van der Waals surface area contributed by atoms with Crippen LogP contribution in [0.25, 0.3) is 11.4 Å². The van der Waals surface area contributed by atoms with Crippen LogP contribution in [0.15, 0.2) is 79.3 Å². The second-order valence-electron chi connectivity index (χ2n) is 7.17. The van der Waals surface area contributed by atoms with Crippen molar-refractivity contribution in [3.8, 4) is 23.0 Å². The van der Waals surface area contributed by atoms with Crippen LogP contribution in [0.5, 0.6) is 11.6 Å². The first-order valence-corrected chi connectivity index (χ1v) is 9.95. The zero-order chi connectivity index (χ0) is 21.6. The van der Waals surface area contributed by atoms with Crippen molar-refractivity contribution in [3.63, 3.8) is 0 Å². The van der Waals surface area contributed by atoms with Gasteiger partial charge in [-0.2, -0.15) is 4.98 Å². The van der Waals surface area contributed by atoms with E-state index in [2.05, 4.69) is 20.3 Å². The molecule has 0 spiro atoms. The van der Waals surface area contributed by atoms with Crippen LogP contribution in [-0.4, -0.2) is 20.9 Å². The molecule has 0 atom stereocenters. The Hall–Kier alpha value is -4.06. The summed E-state index contributed by atoms with van der Waals surface area (Å²) in [6, 6.07) is 19.1. The van der Waals surface area contributed by atoms with Crippen LogP contribution in [0.1, 0.15) is 27.0 Å². The topological polar surface area (TPSA) is 77.0 Å². The standard InChI is InChI=1S/C25H22N4O2/c1-17-10-11-21(13-18(17)2)31-25-22(24(30)28-15-19-7-6-12-26-14-19)16-27-23(29-25)20-8-4-3-5-9-20/h3-14,16H,15H2,1-2H3,(H,28,30). The van der Waals surface area contributed by atoms with Gasteiger partial charge in [-0.3, -0.25) is 9.78 Å². The molecule has 0 aliphatic rings. The molecule has 6 heteroatoms. The van der Waals surface area contributed by atoms with E-state index in [1.165, 1.54) is 6.20 Å². The first-order chi connectivity index (χ1) is 15.1. The molecule has 0 saturated carbocycles. The van der Waals surface area contributed by atoms with Crippen LogP contribution in [-0.2, 0) is 6.54 Å². The van der Waals surface area contributed by atoms with Crippen molar-refractivity contribution in [2.24, 2.45) is 0 Å². The maximum absolute atomic E-state index is 12.9. The molecule has 4 aromatic rings. The number of amides is 1. The van der Waals surface area contributed by atoms with Gasteiger partial charge in [0.2, 0.25) is 5.88 Å². The third-order valence-electron chi connectivity index (χ3n) is 4.90. The molecule has 0 unspecified atom stereocenters. The maximum atomic E-state index is 12.9. The summed E-state index contributed by atoms with van der Waals surface area (Å²) in [5.74, 6) is 0.994. The number of carbonyl (C=O) groups is 1. The maximum Gasteiger partial charge on any atom is 0.258 e. The van der Waals surface area contributed by atoms with Gasteiger partial charge in [-0.15, -0.1) is 0 Å². The molecular weight excluding hydrogens is 388 g/mol. The Morgan fingerprint density at radius 1 is 0.968 bits per heavy atom. The fraction of sp³-hybridized carbons (Fsp3) is 0.120. The minimum Gasteiger partial charge on any atom is -0.438 e. The second kappa shape index (κ2) is 9.17. The largest absolute Gasteiger partial charge is 0.438 e. The molecule has 4 rings (SSSR count). The highest BCUT2D eigenvalue weighted by Crippen LogP contribution is 2.27. The van der Waals surface area contributed by atoms with E-state index in [0.29, 0.717) is 18.1 Å². The molecule has 0 fully saturated rings. The summed E-state index contributed by atoms with van der Waals surface area (Å²) in [5.41, 5.74) is 4.26. The summed E-state index contributed by atoms with van der Waals surface area (Å²) < 4.78 is 6.06. The molecule has 2 heterocycles. The average Bonchev–Trinajstić information content (AvgIpc) is 2.81. The van der Waals surface area contributed by atoms with Crippen molar-refractivity contribution in [1.82, 2.24) is 20.3 Å². The van der Waals surface area contributed by atoms with Crippen LogP contribution in [0.2, 0.25) is 0 Å². The van der Waals surface area contributed by atoms with Gasteiger partial charge < -0.3 is 10.1 Å². The smallest absolute Gasteiger partial charge is 0.258 e. The molecule has 2 aromatic carbocycles. The molecule has 31 heavy (non-hydrogen) atoms. The molecule has 1 amide bonds. The summed E-state index contributed by atoms with van der Waals surface area (Å²) in [4.78, 5) is 25.9. The molecule has 0 aliphatic heterocycles. The highest BCUT2D eigenvalue weighted by atomic mass is 16.5. The highest BCUT2D eigenvalue weighted by Gasteiger charge is 2.18. The van der Waals surface area contributed by atoms with Gasteiger partial charge in [0, 0.05) is 30.7 Å². The van der Waals surface area contributed by atoms with Crippen LogP contribution in [0, 0.1) is 13.8 Å². The van der Waals surface area contributed by atoms with E-state index in [-0.39, 0.29) is 17.4 Å². The van der Waals surface area contributed by atoms with Crippen LogP contribution >= 0.6 is 0 Å². The molecule has 154 valence electrons. The molecule has 0 radical (unpaired) electrons. The Morgan fingerprint density at radius 3 is 2.55 bits per heavy atom. The number of benzene rings is 2. The summed E-state index contributed by atoms with van der Waals surface area (Å²) in [6.07, 6.45) is 4.91. The number of hydrogen-bond donors (Lipinski definition) is 1. The SMILES string of the molecule is Cc1ccc(Oc2nc(-c3ccccc3)ncc2C(=O)NCc2cccnc2)cc1C. The molecule has 6 nitrogen and oxygen atoms in total. The predicted octanol–water partition coefficient (Wildman–Crippen LogP) is 4.88. The van der Waals surface area contributed by atoms with E-state index in [4.69, 9.17) is 4.74 Å². The van der Waals surface area contributed by atoms with Gasteiger partial charge in [0.1, 0.15) is 11.3 Å². The van der Waals surface area contributed by atoms with Gasteiger partial charge in [0.05, 0.1) is 0 Å². The van der Waals surface area contributed by atoms with Crippen molar-refractivity contribution >= 4 is 5.91 Å². The number of aromatic nitrogens is 3. The lowest BCUT2D eigenvalue weighted by atomic mass is 10.1. The fourth-order valence-electron chi connectivity index (χ4n) is 3.00. The van der Waals surface area contributed by atoms with Gasteiger partial charge in [-0.25, -0.2) is 4.98 Å². The van der Waals surface area contributed by atoms with Crippen LogP contribution in [0.4, 0.5) is 0 Å². The van der Waals surface area contributed by atoms with Crippen molar-refractivity contribution in [2.45, 2.75) is 20.4 Å². The van der Waals surface area contributed by atoms with Gasteiger partial charge in [0.25, 0.3) is 5.91 Å². The second-order valence-corrected chi connectivity index (χ2v) is 7.17. The van der Waals surface area contributed by atoms with Gasteiger partial charge >= 0.3 is 0 Å². The quantitative estimate of drug-likeness (QED) is 0.490. The first kappa shape index (κ1) is 20.2. The molecule has 2 aromatic heterocycles. The lowest BCUT2D eigenvalue weighted by Crippen LogP contribution is -2.24. The normalized spacial score (nSPS) is 10.5. The zero-order valence-corrected chi connectivity index (χ0v) is 17.4. The van der Waals surface area contributed by atoms with Gasteiger partial charge in [-0.05, 0) is 48.7 Å². The van der Waals surface area contributed by atoms with E-state index < -0.39 is 0 Å². The van der Waals surface area contributed by atoms with E-state index in [9.17, 15) is 4.79 Å². The molecule has 1 N–H and O–H groups in total. The number of ether oxygens (including phenoxy) is 1. The average molecular weight is 410 g/mol. The highest BCUT2D eigenvalue weighted by molar-refractivity contribution is 5.96. The Balaban J connectivity index is 1.65. The monoisotopic (exact) mass is 410 g/mol. The van der Waals surface area contributed by atoms with Crippen molar-refractivity contribution in [2.75, 3.05) is 0 Å². The Kier molecular flexibility index (Phi) is 5.98. The summed E-state index contributed by atoms with van der Waals surface area (Å²) in [6.45, 7) is 4.39. The van der Waals surface area contributed by atoms with Crippen molar-refractivity contribution < 1.29 is 9.53 Å². The number of rotatable bonds is 6. The van der Waals surface area contributed by atoms with Crippen molar-refractivity contribution in [3.05, 3.63) is 102 Å². The van der Waals surface area contributed by atoms with Crippen molar-refractivity contribution in [1.29, 1.82) is 0 Å². The first-order valence-electron chi connectivity index (χ1n) is 9.95. The lowest BCUT2D eigenvalue weighted by molar-refractivity contribution is 0.0947. The number of nitrogens with zero attached hydrogens (tertiary/aromatic N) is 3. The number of hydrogen-bond acceptors (Lipinski definition) is 5. The number of nitrogens with one attached hydrogen (secondary N) is 1. The fourth-order valence-corrected chi connectivity index (χ4v) is 3.00. The Morgan fingerprint density at radius 2 is 1.81 bits per heavy atom. The minimum absolute atomic E-state index is 0.209. The molecule has 0 bridgehead atoms. The Labute approximate surface area is 181 Å². The van der Waals surface area contributed by atoms with Crippen LogP contribution < -0.4 is 10.1 Å². The predicted molar refractivity (Wildman–Crippen MR) is 119 cm³/mol. The Bertz CT molecular complexity index is 1190. The van der Waals surface area contributed by atoms with E-state index >= 15 is 0 Å². The number of pyridine rings is 1. The summed E-state index contributed by atoms with van der Waals surface area (Å²) in [7, 11) is 0. The van der Waals surface area contributed by atoms with Gasteiger partial charge in [0.15, 0.2) is 5.82 Å². The summed E-state index contributed by atoms with van der Waals surface area (Å²) >= 11 is 0. The van der Waals surface area contributed by atoms with E-state index in [1.54, 1.807) is 12.4 Å². The van der Waals surface area contributed by atoms with Gasteiger partial charge in [-0.1, -0.05) is 42.5 Å². The molecule has 0 aliphatic carbocycles. The van der Waals surface area contributed by atoms with E-state index in [1.807, 2.05) is 74.5 Å².